The van der Waals surface area contributed by atoms with E-state index in [1.807, 2.05) is 6.92 Å². The quantitative estimate of drug-likeness (QED) is 0.817. The molecule has 0 saturated heterocycles. The van der Waals surface area contributed by atoms with Gasteiger partial charge in [-0.1, -0.05) is 43.5 Å². The molecule has 0 N–H and O–H groups in total. The van der Waals surface area contributed by atoms with Gasteiger partial charge in [-0.05, 0) is 24.1 Å². The van der Waals surface area contributed by atoms with E-state index >= 15 is 0 Å². The Balaban J connectivity index is 2.70. The number of nitriles is 1. The molecular formula is C15H17ClN4. The largest absolute Gasteiger partial charge is 0.251 e. The first-order valence-electron chi connectivity index (χ1n) is 8.38. The normalized spacial score (nSPS) is 16.4. The van der Waals surface area contributed by atoms with E-state index in [1.54, 1.807) is 0 Å². The fourth-order valence-electron chi connectivity index (χ4n) is 2.04. The van der Waals surface area contributed by atoms with Crippen molar-refractivity contribution in [2.24, 2.45) is 0 Å². The summed E-state index contributed by atoms with van der Waals surface area (Å²) in [5.41, 5.74) is -1.18. The molecule has 2 aromatic rings. The van der Waals surface area contributed by atoms with Crippen LogP contribution in [-0.4, -0.2) is 14.8 Å². The van der Waals surface area contributed by atoms with Crippen molar-refractivity contribution in [3.63, 3.8) is 0 Å². The number of halogens is 1. The van der Waals surface area contributed by atoms with E-state index in [-0.39, 0.29) is 41.3 Å². The van der Waals surface area contributed by atoms with Gasteiger partial charge in [-0.3, -0.25) is 4.68 Å². The summed E-state index contributed by atoms with van der Waals surface area (Å²) in [6, 6.07) is 1.00. The highest BCUT2D eigenvalue weighted by Gasteiger charge is 2.32. The van der Waals surface area contributed by atoms with Gasteiger partial charge in [-0.2, -0.15) is 10.4 Å². The molecule has 1 heterocycles. The van der Waals surface area contributed by atoms with E-state index < -0.39 is 5.41 Å². The molecular weight excluding hydrogens is 272 g/mol. The molecule has 0 aliphatic carbocycles. The maximum Gasteiger partial charge on any atom is 0.137 e. The average molecular weight is 293 g/mol. The topological polar surface area (TPSA) is 54.5 Å². The minimum atomic E-state index is -1.24. The summed E-state index contributed by atoms with van der Waals surface area (Å²) in [7, 11) is 0. The molecule has 0 amide bonds. The van der Waals surface area contributed by atoms with Crippen LogP contribution in [0.25, 0.3) is 0 Å². The molecule has 1 aromatic carbocycles. The summed E-state index contributed by atoms with van der Waals surface area (Å²) < 4.78 is 33.8. The second-order valence-electron chi connectivity index (χ2n) is 4.58. The minimum Gasteiger partial charge on any atom is -0.251 e. The summed E-state index contributed by atoms with van der Waals surface area (Å²) in [6.45, 7) is 2.08. The molecule has 4 nitrogen and oxygen atoms in total. The highest BCUT2D eigenvalue weighted by Crippen LogP contribution is 2.32. The van der Waals surface area contributed by atoms with Gasteiger partial charge >= 0.3 is 0 Å². The minimum absolute atomic E-state index is 0.0633. The van der Waals surface area contributed by atoms with Gasteiger partial charge in [-0.25, -0.2) is 4.98 Å². The molecule has 0 radical (unpaired) electrons. The van der Waals surface area contributed by atoms with E-state index in [0.717, 1.165) is 6.42 Å². The van der Waals surface area contributed by atoms with E-state index in [9.17, 15) is 5.26 Å². The molecule has 0 spiro atoms. The van der Waals surface area contributed by atoms with Gasteiger partial charge in [0.15, 0.2) is 0 Å². The van der Waals surface area contributed by atoms with Crippen molar-refractivity contribution in [3.8, 4) is 6.07 Å². The van der Waals surface area contributed by atoms with Crippen LogP contribution in [0.15, 0.2) is 36.8 Å². The van der Waals surface area contributed by atoms with Crippen LogP contribution in [0.4, 0.5) is 0 Å². The van der Waals surface area contributed by atoms with Crippen molar-refractivity contribution in [3.05, 3.63) is 47.4 Å². The number of unbranched alkanes of at least 4 members (excludes halogenated alkanes) is 1. The summed E-state index contributed by atoms with van der Waals surface area (Å²) in [6.07, 6.45) is 4.72. The van der Waals surface area contributed by atoms with Crippen LogP contribution in [0.1, 0.15) is 37.2 Å². The lowest BCUT2D eigenvalue weighted by Gasteiger charge is -2.27. The summed E-state index contributed by atoms with van der Waals surface area (Å²) in [4.78, 5) is 3.86. The van der Waals surface area contributed by atoms with Gasteiger partial charge in [0.05, 0.1) is 18.1 Å². The standard InChI is InChI=1S/C15H17ClN4/c1-2-3-8-15(9-17,10-20-12-18-11-19-20)13-4-6-14(16)7-5-13/h4-7,11-12H,2-3,8,10H2,1H3/i4D,5D,6D,7D. The third-order valence-corrected chi connectivity index (χ3v) is 3.33. The first kappa shape index (κ1) is 9.95. The zero-order valence-corrected chi connectivity index (χ0v) is 11.9. The Morgan fingerprint density at radius 3 is 2.75 bits per heavy atom. The van der Waals surface area contributed by atoms with E-state index in [2.05, 4.69) is 16.2 Å². The fourth-order valence-corrected chi connectivity index (χ4v) is 2.13. The Bertz CT molecular complexity index is 744. The smallest absolute Gasteiger partial charge is 0.137 e. The molecule has 2 rings (SSSR count). The number of nitrogens with zero attached hydrogens (tertiary/aromatic N) is 4. The number of benzene rings is 1. The predicted octanol–water partition coefficient (Wildman–Crippen LogP) is 3.58. The lowest BCUT2D eigenvalue weighted by Crippen LogP contribution is -2.30. The number of rotatable bonds is 6. The summed E-state index contributed by atoms with van der Waals surface area (Å²) in [5.74, 6) is 0. The van der Waals surface area contributed by atoms with Crippen molar-refractivity contribution >= 4 is 11.6 Å². The Kier molecular flexibility index (Phi) is 3.25. The highest BCUT2D eigenvalue weighted by atomic mass is 35.5. The zero-order chi connectivity index (χ0) is 17.9. The Morgan fingerprint density at radius 1 is 1.45 bits per heavy atom. The van der Waals surface area contributed by atoms with Crippen molar-refractivity contribution in [2.75, 3.05) is 0 Å². The van der Waals surface area contributed by atoms with Gasteiger partial charge in [-0.15, -0.1) is 0 Å². The third-order valence-electron chi connectivity index (χ3n) is 3.14. The first-order valence-corrected chi connectivity index (χ1v) is 6.75. The van der Waals surface area contributed by atoms with Gasteiger partial charge in [0.1, 0.15) is 18.1 Å². The predicted molar refractivity (Wildman–Crippen MR) is 78.3 cm³/mol. The third kappa shape index (κ3) is 3.17. The Labute approximate surface area is 129 Å². The molecule has 0 saturated carbocycles. The molecule has 5 heteroatoms. The maximum absolute atomic E-state index is 9.92. The highest BCUT2D eigenvalue weighted by molar-refractivity contribution is 6.30. The van der Waals surface area contributed by atoms with Crippen LogP contribution in [0, 0.1) is 11.3 Å². The van der Waals surface area contributed by atoms with Crippen LogP contribution in [0.3, 0.4) is 0 Å². The molecule has 0 fully saturated rings. The van der Waals surface area contributed by atoms with Crippen LogP contribution in [-0.2, 0) is 12.0 Å². The Hall–Kier alpha value is -1.86. The van der Waals surface area contributed by atoms with E-state index in [1.165, 1.54) is 17.3 Å². The molecule has 104 valence electrons. The van der Waals surface area contributed by atoms with Crippen LogP contribution in [0.5, 0.6) is 0 Å². The van der Waals surface area contributed by atoms with Gasteiger partial charge < -0.3 is 0 Å². The molecule has 1 atom stereocenters. The number of aromatic nitrogens is 3. The van der Waals surface area contributed by atoms with E-state index in [0.29, 0.717) is 12.8 Å². The van der Waals surface area contributed by atoms with Crippen molar-refractivity contribution in [1.29, 1.82) is 5.26 Å². The molecule has 0 aliphatic rings. The lowest BCUT2D eigenvalue weighted by molar-refractivity contribution is 0.390. The summed E-state index contributed by atoms with van der Waals surface area (Å²) >= 11 is 5.88. The molecule has 1 unspecified atom stereocenters. The van der Waals surface area contributed by atoms with Crippen LogP contribution < -0.4 is 0 Å². The SMILES string of the molecule is [2H]c1c([2H])c(C(C#N)(CCCC)Cn2cncn2)c([2H])c([2H])c1Cl. The van der Waals surface area contributed by atoms with Gasteiger partial charge in [0.25, 0.3) is 0 Å². The second kappa shape index (κ2) is 6.53. The molecule has 1 aromatic heterocycles. The van der Waals surface area contributed by atoms with E-state index in [4.69, 9.17) is 17.1 Å². The molecule has 20 heavy (non-hydrogen) atoms. The number of hydrogen-bond donors (Lipinski definition) is 0. The van der Waals surface area contributed by atoms with Crippen molar-refractivity contribution in [2.45, 2.75) is 38.1 Å². The summed E-state index contributed by atoms with van der Waals surface area (Å²) in [5, 5.41) is 13.7. The second-order valence-corrected chi connectivity index (χ2v) is 4.96. The molecule has 0 bridgehead atoms. The van der Waals surface area contributed by atoms with Crippen LogP contribution in [0.2, 0.25) is 5.02 Å². The maximum atomic E-state index is 9.92. The molecule has 0 aliphatic heterocycles. The number of hydrogen-bond acceptors (Lipinski definition) is 3. The van der Waals surface area contributed by atoms with Crippen LogP contribution >= 0.6 is 11.6 Å². The average Bonchev–Trinajstić information content (AvgIpc) is 3.08. The first-order chi connectivity index (χ1) is 11.4. The monoisotopic (exact) mass is 292 g/mol. The van der Waals surface area contributed by atoms with Gasteiger partial charge in [0.2, 0.25) is 0 Å². The van der Waals surface area contributed by atoms with Gasteiger partial charge in [0, 0.05) is 5.02 Å². The zero-order valence-electron chi connectivity index (χ0n) is 15.1. The lowest BCUT2D eigenvalue weighted by atomic mass is 9.77. The van der Waals surface area contributed by atoms with Crippen molar-refractivity contribution in [1.82, 2.24) is 14.8 Å². The fraction of sp³-hybridized carbons (Fsp3) is 0.400. The Morgan fingerprint density at radius 2 is 2.20 bits per heavy atom. The van der Waals surface area contributed by atoms with Crippen molar-refractivity contribution < 1.29 is 5.48 Å².